The topological polar surface area (TPSA) is 70.2 Å². The summed E-state index contributed by atoms with van der Waals surface area (Å²) in [4.78, 5) is 23.0. The van der Waals surface area contributed by atoms with Crippen molar-refractivity contribution in [3.8, 4) is 0 Å². The third kappa shape index (κ3) is 5.51. The number of aromatic nitrogens is 2. The molecule has 2 heterocycles. The maximum atomic E-state index is 13.5. The number of aryl methyl sites for hydroxylation is 1. The molecule has 142 valence electrons. The molecule has 1 aliphatic heterocycles. The standard InChI is InChI=1S/C20H24FN5O/c1-15-24-18(14-19(25-15)26-12-4-5-13-26)22-10-11-23-20(27)9-8-16-6-2-3-7-17(16)21/h2-3,6-9,14H,4-5,10-13H2,1H3,(H,23,27)(H,22,24,25)/b9-8+. The van der Waals surface area contributed by atoms with Crippen LogP contribution in [0, 0.1) is 12.7 Å². The van der Waals surface area contributed by atoms with E-state index in [0.29, 0.717) is 18.7 Å². The van der Waals surface area contributed by atoms with Crippen molar-refractivity contribution in [1.82, 2.24) is 15.3 Å². The monoisotopic (exact) mass is 369 g/mol. The number of carbonyl (C=O) groups excluding carboxylic acids is 1. The van der Waals surface area contributed by atoms with Crippen molar-refractivity contribution in [3.63, 3.8) is 0 Å². The molecule has 0 atom stereocenters. The van der Waals surface area contributed by atoms with E-state index < -0.39 is 0 Å². The Kier molecular flexibility index (Phi) is 6.35. The number of nitrogens with zero attached hydrogens (tertiary/aromatic N) is 3. The van der Waals surface area contributed by atoms with E-state index in [1.165, 1.54) is 31.1 Å². The van der Waals surface area contributed by atoms with Crippen molar-refractivity contribution in [2.45, 2.75) is 19.8 Å². The van der Waals surface area contributed by atoms with Crippen LogP contribution in [0.4, 0.5) is 16.0 Å². The van der Waals surface area contributed by atoms with Crippen LogP contribution in [0.25, 0.3) is 6.08 Å². The quantitative estimate of drug-likeness (QED) is 0.580. The third-order valence-corrected chi connectivity index (χ3v) is 4.30. The number of amides is 1. The van der Waals surface area contributed by atoms with Gasteiger partial charge in [0.05, 0.1) is 0 Å². The molecule has 2 aromatic rings. The van der Waals surface area contributed by atoms with Gasteiger partial charge >= 0.3 is 0 Å². The molecule has 0 spiro atoms. The van der Waals surface area contributed by atoms with Gasteiger partial charge in [-0.2, -0.15) is 0 Å². The van der Waals surface area contributed by atoms with Crippen molar-refractivity contribution in [2.75, 3.05) is 36.4 Å². The zero-order valence-corrected chi connectivity index (χ0v) is 15.4. The molecule has 1 saturated heterocycles. The third-order valence-electron chi connectivity index (χ3n) is 4.30. The second-order valence-electron chi connectivity index (χ2n) is 6.43. The number of nitrogens with one attached hydrogen (secondary N) is 2. The van der Waals surface area contributed by atoms with E-state index in [2.05, 4.69) is 25.5 Å². The zero-order valence-electron chi connectivity index (χ0n) is 15.4. The Labute approximate surface area is 158 Å². The van der Waals surface area contributed by atoms with Crippen LogP contribution < -0.4 is 15.5 Å². The van der Waals surface area contributed by atoms with Crippen LogP contribution in [0.1, 0.15) is 24.2 Å². The molecule has 1 aromatic carbocycles. The van der Waals surface area contributed by atoms with Crippen LogP contribution in [0.3, 0.4) is 0 Å². The Balaban J connectivity index is 1.46. The second-order valence-corrected chi connectivity index (χ2v) is 6.43. The van der Waals surface area contributed by atoms with Crippen LogP contribution >= 0.6 is 0 Å². The maximum Gasteiger partial charge on any atom is 0.244 e. The number of benzene rings is 1. The average Bonchev–Trinajstić information content (AvgIpc) is 3.19. The van der Waals surface area contributed by atoms with E-state index in [9.17, 15) is 9.18 Å². The summed E-state index contributed by atoms with van der Waals surface area (Å²) in [5.74, 6) is 1.80. The van der Waals surface area contributed by atoms with Gasteiger partial charge in [-0.25, -0.2) is 14.4 Å². The van der Waals surface area contributed by atoms with Crippen molar-refractivity contribution in [1.29, 1.82) is 0 Å². The highest BCUT2D eigenvalue weighted by molar-refractivity contribution is 5.91. The van der Waals surface area contributed by atoms with Crippen LogP contribution in [-0.2, 0) is 4.79 Å². The summed E-state index contributed by atoms with van der Waals surface area (Å²) in [7, 11) is 0. The lowest BCUT2D eigenvalue weighted by atomic mass is 10.2. The van der Waals surface area contributed by atoms with Crippen LogP contribution in [-0.4, -0.2) is 42.1 Å². The fourth-order valence-electron chi connectivity index (χ4n) is 2.96. The number of hydrogen-bond acceptors (Lipinski definition) is 5. The van der Waals surface area contributed by atoms with E-state index >= 15 is 0 Å². The van der Waals surface area contributed by atoms with Gasteiger partial charge in [-0.3, -0.25) is 4.79 Å². The zero-order chi connectivity index (χ0) is 19.1. The van der Waals surface area contributed by atoms with Crippen molar-refractivity contribution >= 4 is 23.6 Å². The lowest BCUT2D eigenvalue weighted by Crippen LogP contribution is -2.27. The van der Waals surface area contributed by atoms with E-state index in [0.717, 1.165) is 30.5 Å². The Bertz CT molecular complexity index is 818. The Morgan fingerprint density at radius 3 is 2.78 bits per heavy atom. The predicted octanol–water partition coefficient (Wildman–Crippen LogP) is 2.77. The summed E-state index contributed by atoms with van der Waals surface area (Å²) in [5.41, 5.74) is 0.386. The minimum atomic E-state index is -0.351. The molecular formula is C20H24FN5O. The van der Waals surface area contributed by atoms with Gasteiger partial charge in [0.2, 0.25) is 5.91 Å². The van der Waals surface area contributed by atoms with Gasteiger partial charge in [-0.15, -0.1) is 0 Å². The molecule has 0 saturated carbocycles. The highest BCUT2D eigenvalue weighted by atomic mass is 19.1. The second kappa shape index (κ2) is 9.12. The summed E-state index contributed by atoms with van der Waals surface area (Å²) < 4.78 is 13.5. The van der Waals surface area contributed by atoms with Gasteiger partial charge in [0.15, 0.2) is 0 Å². The van der Waals surface area contributed by atoms with Gasteiger partial charge in [0.1, 0.15) is 23.3 Å². The smallest absolute Gasteiger partial charge is 0.244 e. The summed E-state index contributed by atoms with van der Waals surface area (Å²) in [6.07, 6.45) is 5.18. The van der Waals surface area contributed by atoms with Gasteiger partial charge in [-0.05, 0) is 31.9 Å². The van der Waals surface area contributed by atoms with Gasteiger partial charge < -0.3 is 15.5 Å². The summed E-state index contributed by atoms with van der Waals surface area (Å²) in [5, 5.41) is 5.97. The van der Waals surface area contributed by atoms with Gasteiger partial charge in [0, 0.05) is 43.9 Å². The Morgan fingerprint density at radius 2 is 2.00 bits per heavy atom. The first-order valence-electron chi connectivity index (χ1n) is 9.17. The highest BCUT2D eigenvalue weighted by Gasteiger charge is 2.14. The molecule has 27 heavy (non-hydrogen) atoms. The summed E-state index contributed by atoms with van der Waals surface area (Å²) >= 11 is 0. The minimum Gasteiger partial charge on any atom is -0.368 e. The molecule has 1 aromatic heterocycles. The largest absolute Gasteiger partial charge is 0.368 e. The molecule has 6 nitrogen and oxygen atoms in total. The molecule has 0 bridgehead atoms. The number of carbonyl (C=O) groups is 1. The van der Waals surface area contributed by atoms with E-state index in [1.807, 2.05) is 13.0 Å². The molecular weight excluding hydrogens is 345 g/mol. The average molecular weight is 369 g/mol. The van der Waals surface area contributed by atoms with Gasteiger partial charge in [-0.1, -0.05) is 18.2 Å². The van der Waals surface area contributed by atoms with Crippen LogP contribution in [0.15, 0.2) is 36.4 Å². The number of anilines is 2. The summed E-state index contributed by atoms with van der Waals surface area (Å²) in [6.45, 7) is 4.90. The molecule has 0 aliphatic carbocycles. The van der Waals surface area contributed by atoms with Crippen LogP contribution in [0.2, 0.25) is 0 Å². The number of hydrogen-bond donors (Lipinski definition) is 2. The van der Waals surface area contributed by atoms with E-state index in [1.54, 1.807) is 18.2 Å². The highest BCUT2D eigenvalue weighted by Crippen LogP contribution is 2.20. The minimum absolute atomic E-state index is 0.267. The van der Waals surface area contributed by atoms with E-state index in [4.69, 9.17) is 0 Å². The Morgan fingerprint density at radius 1 is 1.22 bits per heavy atom. The number of halogens is 1. The van der Waals surface area contributed by atoms with Gasteiger partial charge in [0.25, 0.3) is 0 Å². The molecule has 1 amide bonds. The molecule has 1 aliphatic rings. The summed E-state index contributed by atoms with van der Waals surface area (Å²) in [6, 6.07) is 8.27. The van der Waals surface area contributed by atoms with Crippen molar-refractivity contribution in [2.24, 2.45) is 0 Å². The fourth-order valence-corrected chi connectivity index (χ4v) is 2.96. The first-order chi connectivity index (χ1) is 13.1. The molecule has 7 heteroatoms. The molecule has 1 fully saturated rings. The fraction of sp³-hybridized carbons (Fsp3) is 0.350. The Hall–Kier alpha value is -2.96. The maximum absolute atomic E-state index is 13.5. The first kappa shape index (κ1) is 18.8. The first-order valence-corrected chi connectivity index (χ1v) is 9.17. The van der Waals surface area contributed by atoms with Crippen molar-refractivity contribution in [3.05, 3.63) is 53.6 Å². The normalized spacial score (nSPS) is 13.9. The molecule has 0 unspecified atom stereocenters. The van der Waals surface area contributed by atoms with E-state index in [-0.39, 0.29) is 11.7 Å². The lowest BCUT2D eigenvalue weighted by molar-refractivity contribution is -0.116. The molecule has 3 rings (SSSR count). The molecule has 0 radical (unpaired) electrons. The lowest BCUT2D eigenvalue weighted by Gasteiger charge is -2.17. The van der Waals surface area contributed by atoms with Crippen molar-refractivity contribution < 1.29 is 9.18 Å². The SMILES string of the molecule is Cc1nc(NCCNC(=O)/C=C/c2ccccc2F)cc(N2CCCC2)n1. The number of rotatable bonds is 7. The van der Waals surface area contributed by atoms with Crippen LogP contribution in [0.5, 0.6) is 0 Å². The predicted molar refractivity (Wildman–Crippen MR) is 105 cm³/mol. The molecule has 2 N–H and O–H groups in total.